The van der Waals surface area contributed by atoms with E-state index < -0.39 is 0 Å². The van der Waals surface area contributed by atoms with Gasteiger partial charge in [0, 0.05) is 5.92 Å². The van der Waals surface area contributed by atoms with Crippen LogP contribution in [0.3, 0.4) is 0 Å². The molecular formula is C13H18N4O. The molecule has 1 aliphatic heterocycles. The topological polar surface area (TPSA) is 66.9 Å². The first kappa shape index (κ1) is 11.4. The third kappa shape index (κ3) is 1.94. The van der Waals surface area contributed by atoms with E-state index in [2.05, 4.69) is 20.6 Å². The fourth-order valence-electron chi connectivity index (χ4n) is 2.72. The fourth-order valence-corrected chi connectivity index (χ4v) is 2.72. The van der Waals surface area contributed by atoms with Gasteiger partial charge in [0.2, 0.25) is 5.91 Å². The molecule has 2 N–H and O–H groups in total. The summed E-state index contributed by atoms with van der Waals surface area (Å²) in [5, 5.41) is 6.05. The molecular weight excluding hydrogens is 228 g/mol. The average molecular weight is 246 g/mol. The van der Waals surface area contributed by atoms with Crippen LogP contribution in [0.1, 0.15) is 50.8 Å². The average Bonchev–Trinajstić information content (AvgIpc) is 2.91. The molecule has 18 heavy (non-hydrogen) atoms. The Hall–Kier alpha value is -1.65. The Labute approximate surface area is 106 Å². The number of aromatic nitrogens is 2. The Morgan fingerprint density at radius 3 is 2.89 bits per heavy atom. The lowest BCUT2D eigenvalue weighted by molar-refractivity contribution is -0.117. The van der Waals surface area contributed by atoms with Crippen molar-refractivity contribution < 1.29 is 4.79 Å². The van der Waals surface area contributed by atoms with Crippen LogP contribution in [0.5, 0.6) is 0 Å². The van der Waals surface area contributed by atoms with Crippen LogP contribution in [0.25, 0.3) is 0 Å². The zero-order chi connectivity index (χ0) is 12.5. The summed E-state index contributed by atoms with van der Waals surface area (Å²) in [6.45, 7) is 1.99. The highest BCUT2D eigenvalue weighted by molar-refractivity contribution is 6.01. The molecule has 1 unspecified atom stereocenters. The van der Waals surface area contributed by atoms with E-state index >= 15 is 0 Å². The van der Waals surface area contributed by atoms with Gasteiger partial charge in [0.1, 0.15) is 17.6 Å². The second-order valence-corrected chi connectivity index (χ2v) is 5.07. The van der Waals surface area contributed by atoms with Gasteiger partial charge < -0.3 is 10.6 Å². The normalized spacial score (nSPS) is 23.4. The van der Waals surface area contributed by atoms with Gasteiger partial charge in [0.25, 0.3) is 0 Å². The summed E-state index contributed by atoms with van der Waals surface area (Å²) in [4.78, 5) is 20.7. The van der Waals surface area contributed by atoms with E-state index in [0.717, 1.165) is 18.1 Å². The van der Waals surface area contributed by atoms with E-state index in [1.54, 1.807) is 6.20 Å². The molecule has 1 aromatic heterocycles. The van der Waals surface area contributed by atoms with Crippen LogP contribution in [-0.2, 0) is 4.79 Å². The summed E-state index contributed by atoms with van der Waals surface area (Å²) < 4.78 is 0. The summed E-state index contributed by atoms with van der Waals surface area (Å²) in [6.07, 6.45) is 7.39. The van der Waals surface area contributed by atoms with Crippen molar-refractivity contribution in [3.8, 4) is 0 Å². The number of carbonyl (C=O) groups is 1. The molecule has 5 heteroatoms. The van der Waals surface area contributed by atoms with Crippen LogP contribution in [-0.4, -0.2) is 21.9 Å². The third-order valence-electron chi connectivity index (χ3n) is 3.82. The molecule has 1 saturated carbocycles. The van der Waals surface area contributed by atoms with E-state index in [9.17, 15) is 4.79 Å². The molecule has 2 heterocycles. The van der Waals surface area contributed by atoms with Crippen LogP contribution >= 0.6 is 0 Å². The van der Waals surface area contributed by atoms with Gasteiger partial charge in [-0.05, 0) is 19.3 Å². The molecule has 0 aromatic carbocycles. The van der Waals surface area contributed by atoms with E-state index in [-0.39, 0.29) is 11.9 Å². The minimum absolute atomic E-state index is 0.00205. The Kier molecular flexibility index (Phi) is 2.89. The Balaban J connectivity index is 1.88. The van der Waals surface area contributed by atoms with Crippen molar-refractivity contribution in [2.45, 2.75) is 51.0 Å². The molecule has 96 valence electrons. The van der Waals surface area contributed by atoms with Crippen LogP contribution in [0, 0.1) is 0 Å². The second kappa shape index (κ2) is 4.55. The molecule has 0 spiro atoms. The molecule has 1 aromatic rings. The van der Waals surface area contributed by atoms with Gasteiger partial charge in [-0.2, -0.15) is 0 Å². The van der Waals surface area contributed by atoms with Gasteiger partial charge in [-0.3, -0.25) is 4.79 Å². The molecule has 3 rings (SSSR count). The van der Waals surface area contributed by atoms with Gasteiger partial charge in [0.05, 0.1) is 6.20 Å². The highest BCUT2D eigenvalue weighted by Crippen LogP contribution is 2.34. The van der Waals surface area contributed by atoms with Crippen molar-refractivity contribution in [1.82, 2.24) is 9.97 Å². The molecule has 2 aliphatic rings. The number of nitrogens with zero attached hydrogens (tertiary/aromatic N) is 2. The Morgan fingerprint density at radius 1 is 1.39 bits per heavy atom. The molecule has 1 aliphatic carbocycles. The van der Waals surface area contributed by atoms with Crippen LogP contribution < -0.4 is 10.6 Å². The molecule has 0 saturated heterocycles. The number of hydrogen-bond acceptors (Lipinski definition) is 4. The number of carbonyl (C=O) groups excluding carboxylic acids is 1. The summed E-state index contributed by atoms with van der Waals surface area (Å²) in [5.41, 5.74) is 0.700. The minimum Gasteiger partial charge on any atom is -0.357 e. The first-order chi connectivity index (χ1) is 8.78. The van der Waals surface area contributed by atoms with Crippen molar-refractivity contribution in [2.24, 2.45) is 0 Å². The maximum absolute atomic E-state index is 11.7. The molecule has 5 nitrogen and oxygen atoms in total. The SMILES string of the molecule is CCC1Nc2nc(C3CCCC3)ncc2NC1=O. The fraction of sp³-hybridized carbons (Fsp3) is 0.615. The summed E-state index contributed by atoms with van der Waals surface area (Å²) in [7, 11) is 0. The van der Waals surface area contributed by atoms with E-state index in [0.29, 0.717) is 11.6 Å². The van der Waals surface area contributed by atoms with Crippen molar-refractivity contribution in [1.29, 1.82) is 0 Å². The molecule has 1 atom stereocenters. The van der Waals surface area contributed by atoms with Crippen molar-refractivity contribution in [3.63, 3.8) is 0 Å². The van der Waals surface area contributed by atoms with Gasteiger partial charge in [-0.1, -0.05) is 19.8 Å². The summed E-state index contributed by atoms with van der Waals surface area (Å²) >= 11 is 0. The molecule has 1 fully saturated rings. The van der Waals surface area contributed by atoms with E-state index in [4.69, 9.17) is 0 Å². The number of fused-ring (bicyclic) bond motifs is 1. The number of amides is 1. The third-order valence-corrected chi connectivity index (χ3v) is 3.82. The second-order valence-electron chi connectivity index (χ2n) is 5.07. The van der Waals surface area contributed by atoms with Gasteiger partial charge in [-0.15, -0.1) is 0 Å². The number of anilines is 2. The lowest BCUT2D eigenvalue weighted by Gasteiger charge is -2.25. The van der Waals surface area contributed by atoms with Crippen molar-refractivity contribution >= 4 is 17.4 Å². The lowest BCUT2D eigenvalue weighted by atomic mass is 10.1. The van der Waals surface area contributed by atoms with Crippen LogP contribution in [0.2, 0.25) is 0 Å². The molecule has 0 bridgehead atoms. The number of nitrogens with one attached hydrogen (secondary N) is 2. The predicted molar refractivity (Wildman–Crippen MR) is 69.6 cm³/mol. The smallest absolute Gasteiger partial charge is 0.247 e. The summed E-state index contributed by atoms with van der Waals surface area (Å²) in [5.74, 6) is 2.19. The first-order valence-corrected chi connectivity index (χ1v) is 6.72. The molecule has 0 radical (unpaired) electrons. The Bertz CT molecular complexity index is 468. The van der Waals surface area contributed by atoms with Crippen LogP contribution in [0.4, 0.5) is 11.5 Å². The van der Waals surface area contributed by atoms with Gasteiger partial charge in [0.15, 0.2) is 5.82 Å². The summed E-state index contributed by atoms with van der Waals surface area (Å²) in [6, 6.07) is -0.177. The Morgan fingerprint density at radius 2 is 2.17 bits per heavy atom. The van der Waals surface area contributed by atoms with Crippen molar-refractivity contribution in [2.75, 3.05) is 10.6 Å². The minimum atomic E-state index is -0.177. The number of rotatable bonds is 2. The quantitative estimate of drug-likeness (QED) is 0.840. The number of hydrogen-bond donors (Lipinski definition) is 2. The highest BCUT2D eigenvalue weighted by Gasteiger charge is 2.27. The maximum Gasteiger partial charge on any atom is 0.247 e. The maximum atomic E-state index is 11.7. The monoisotopic (exact) mass is 246 g/mol. The standard InChI is InChI=1S/C13H18N4O/c1-2-9-13(18)16-10-7-14-11(17-12(10)15-9)8-5-3-4-6-8/h7-9H,2-6H2,1H3,(H,16,18)(H,14,15,17). The van der Waals surface area contributed by atoms with E-state index in [1.807, 2.05) is 6.92 Å². The zero-order valence-electron chi connectivity index (χ0n) is 10.6. The largest absolute Gasteiger partial charge is 0.357 e. The first-order valence-electron chi connectivity index (χ1n) is 6.72. The lowest BCUT2D eigenvalue weighted by Crippen LogP contribution is -2.39. The highest BCUT2D eigenvalue weighted by atomic mass is 16.2. The van der Waals surface area contributed by atoms with Gasteiger partial charge >= 0.3 is 0 Å². The zero-order valence-corrected chi connectivity index (χ0v) is 10.6. The molecule has 1 amide bonds. The van der Waals surface area contributed by atoms with Crippen LogP contribution in [0.15, 0.2) is 6.20 Å². The van der Waals surface area contributed by atoms with E-state index in [1.165, 1.54) is 25.7 Å². The van der Waals surface area contributed by atoms with Crippen molar-refractivity contribution in [3.05, 3.63) is 12.0 Å². The predicted octanol–water partition coefficient (Wildman–Crippen LogP) is 2.28. The van der Waals surface area contributed by atoms with Gasteiger partial charge in [-0.25, -0.2) is 9.97 Å².